The van der Waals surface area contributed by atoms with E-state index in [0.29, 0.717) is 29.7 Å². The van der Waals surface area contributed by atoms with Crippen molar-refractivity contribution >= 4 is 22.6 Å². The maximum absolute atomic E-state index is 13.9. The summed E-state index contributed by atoms with van der Waals surface area (Å²) in [5.74, 6) is -0.526. The Balaban J connectivity index is 1.68. The summed E-state index contributed by atoms with van der Waals surface area (Å²) >= 11 is 0. The van der Waals surface area contributed by atoms with Crippen molar-refractivity contribution in [3.05, 3.63) is 64.6 Å². The fourth-order valence-electron chi connectivity index (χ4n) is 3.03. The van der Waals surface area contributed by atoms with Crippen molar-refractivity contribution in [1.82, 2.24) is 0 Å². The highest BCUT2D eigenvalue weighted by molar-refractivity contribution is 5.96. The highest BCUT2D eigenvalue weighted by atomic mass is 19.1. The molecular formula is C20H16FNO4. The number of ether oxygens (including phenoxy) is 1. The summed E-state index contributed by atoms with van der Waals surface area (Å²) in [5.41, 5.74) is 0.731. The Morgan fingerprint density at radius 3 is 2.77 bits per heavy atom. The third-order valence-corrected chi connectivity index (χ3v) is 4.36. The molecule has 1 unspecified atom stereocenters. The van der Waals surface area contributed by atoms with Gasteiger partial charge in [-0.3, -0.25) is 9.59 Å². The van der Waals surface area contributed by atoms with E-state index in [1.807, 2.05) is 0 Å². The average Bonchev–Trinajstić information content (AvgIpc) is 3.17. The Hall–Kier alpha value is -2.99. The first-order chi connectivity index (χ1) is 12.6. The Labute approximate surface area is 148 Å². The van der Waals surface area contributed by atoms with Crippen LogP contribution in [0.15, 0.2) is 57.7 Å². The van der Waals surface area contributed by atoms with Crippen LogP contribution in [0.1, 0.15) is 12.8 Å². The lowest BCUT2D eigenvalue weighted by Crippen LogP contribution is -2.26. The zero-order valence-corrected chi connectivity index (χ0v) is 13.8. The van der Waals surface area contributed by atoms with Crippen LogP contribution in [0.3, 0.4) is 0 Å². The van der Waals surface area contributed by atoms with E-state index in [9.17, 15) is 14.0 Å². The molecule has 1 aliphatic rings. The number of carbonyl (C=O) groups is 1. The molecule has 132 valence electrons. The van der Waals surface area contributed by atoms with E-state index in [4.69, 9.17) is 9.15 Å². The third kappa shape index (κ3) is 3.11. The van der Waals surface area contributed by atoms with Crippen LogP contribution in [0.25, 0.3) is 22.3 Å². The second-order valence-corrected chi connectivity index (χ2v) is 6.16. The van der Waals surface area contributed by atoms with Gasteiger partial charge in [-0.1, -0.05) is 12.1 Å². The van der Waals surface area contributed by atoms with E-state index in [1.165, 1.54) is 12.1 Å². The van der Waals surface area contributed by atoms with Crippen molar-refractivity contribution in [1.29, 1.82) is 0 Å². The van der Waals surface area contributed by atoms with E-state index in [1.54, 1.807) is 36.4 Å². The zero-order valence-electron chi connectivity index (χ0n) is 13.8. The molecule has 0 saturated carbocycles. The van der Waals surface area contributed by atoms with E-state index in [0.717, 1.165) is 6.42 Å². The molecule has 2 aromatic carbocycles. The lowest BCUT2D eigenvalue weighted by molar-refractivity contribution is -0.124. The smallest absolute Gasteiger partial charge is 0.253 e. The van der Waals surface area contributed by atoms with Crippen LogP contribution in [0.4, 0.5) is 10.1 Å². The summed E-state index contributed by atoms with van der Waals surface area (Å²) in [5, 5.41) is 3.07. The Morgan fingerprint density at radius 1 is 1.15 bits per heavy atom. The first-order valence-corrected chi connectivity index (χ1v) is 8.37. The predicted octanol–water partition coefficient (Wildman–Crippen LogP) is 3.72. The summed E-state index contributed by atoms with van der Waals surface area (Å²) in [7, 11) is 0. The number of halogens is 1. The van der Waals surface area contributed by atoms with E-state index in [2.05, 4.69) is 5.32 Å². The summed E-state index contributed by atoms with van der Waals surface area (Å²) in [4.78, 5) is 24.6. The molecule has 4 rings (SSSR count). The molecule has 1 N–H and O–H groups in total. The number of hydrogen-bond donors (Lipinski definition) is 1. The van der Waals surface area contributed by atoms with Gasteiger partial charge in [0.2, 0.25) is 0 Å². The van der Waals surface area contributed by atoms with Crippen LogP contribution < -0.4 is 10.7 Å². The molecule has 1 aromatic heterocycles. The molecule has 1 fully saturated rings. The van der Waals surface area contributed by atoms with Crippen LogP contribution in [0.2, 0.25) is 0 Å². The maximum Gasteiger partial charge on any atom is 0.253 e. The molecular weight excluding hydrogens is 337 g/mol. The average molecular weight is 353 g/mol. The molecule has 0 radical (unpaired) electrons. The van der Waals surface area contributed by atoms with Crippen molar-refractivity contribution in [2.75, 3.05) is 11.9 Å². The van der Waals surface area contributed by atoms with Gasteiger partial charge < -0.3 is 14.5 Å². The fraction of sp³-hybridized carbons (Fsp3) is 0.200. The molecule has 6 heteroatoms. The van der Waals surface area contributed by atoms with Crippen molar-refractivity contribution in [3.63, 3.8) is 0 Å². The van der Waals surface area contributed by atoms with Gasteiger partial charge in [0.1, 0.15) is 23.3 Å². The second-order valence-electron chi connectivity index (χ2n) is 6.16. The number of hydrogen-bond acceptors (Lipinski definition) is 4. The second kappa shape index (κ2) is 6.72. The first kappa shape index (κ1) is 16.5. The van der Waals surface area contributed by atoms with Gasteiger partial charge in [0, 0.05) is 18.4 Å². The van der Waals surface area contributed by atoms with Crippen molar-refractivity contribution in [2.45, 2.75) is 18.9 Å². The quantitative estimate of drug-likeness (QED) is 0.779. The number of anilines is 1. The number of rotatable bonds is 3. The monoisotopic (exact) mass is 353 g/mol. The number of benzene rings is 2. The molecule has 2 heterocycles. The third-order valence-electron chi connectivity index (χ3n) is 4.36. The van der Waals surface area contributed by atoms with Gasteiger partial charge in [-0.2, -0.15) is 0 Å². The highest BCUT2D eigenvalue weighted by Crippen LogP contribution is 2.26. The van der Waals surface area contributed by atoms with Gasteiger partial charge in [0.15, 0.2) is 5.43 Å². The number of nitrogens with one attached hydrogen (secondary N) is 1. The van der Waals surface area contributed by atoms with Crippen molar-refractivity contribution in [2.24, 2.45) is 0 Å². The van der Waals surface area contributed by atoms with Gasteiger partial charge in [-0.05, 0) is 43.2 Å². The lowest BCUT2D eigenvalue weighted by atomic mass is 10.1. The van der Waals surface area contributed by atoms with Gasteiger partial charge in [-0.15, -0.1) is 0 Å². The number of fused-ring (bicyclic) bond motifs is 1. The molecule has 0 aliphatic carbocycles. The molecule has 0 bridgehead atoms. The zero-order chi connectivity index (χ0) is 18.1. The van der Waals surface area contributed by atoms with Crippen LogP contribution in [0, 0.1) is 5.82 Å². The standard InChI is InChI=1S/C20H16FNO4/c21-15-5-2-1-4-13(15)19-11-16(23)14-10-12(7-8-17(14)26-19)22-20(24)18-6-3-9-25-18/h1-2,4-5,7-8,10-11,18H,3,6,9H2,(H,22,24). The number of carbonyl (C=O) groups excluding carboxylic acids is 1. The molecule has 1 saturated heterocycles. The minimum Gasteiger partial charge on any atom is -0.456 e. The molecule has 26 heavy (non-hydrogen) atoms. The Bertz CT molecular complexity index is 1040. The summed E-state index contributed by atoms with van der Waals surface area (Å²) < 4.78 is 25.0. The normalized spacial score (nSPS) is 16.7. The summed E-state index contributed by atoms with van der Waals surface area (Å²) in [6, 6.07) is 12.1. The summed E-state index contributed by atoms with van der Waals surface area (Å²) in [6.07, 6.45) is 1.09. The number of amides is 1. The van der Waals surface area contributed by atoms with Gasteiger partial charge in [-0.25, -0.2) is 4.39 Å². The lowest BCUT2D eigenvalue weighted by Gasteiger charge is -2.11. The van der Waals surface area contributed by atoms with Gasteiger partial charge >= 0.3 is 0 Å². The molecule has 1 atom stereocenters. The molecule has 1 aliphatic heterocycles. The van der Waals surface area contributed by atoms with Crippen LogP contribution in [0.5, 0.6) is 0 Å². The van der Waals surface area contributed by atoms with E-state index < -0.39 is 11.9 Å². The Morgan fingerprint density at radius 2 is 2.00 bits per heavy atom. The fourth-order valence-corrected chi connectivity index (χ4v) is 3.03. The largest absolute Gasteiger partial charge is 0.456 e. The van der Waals surface area contributed by atoms with Crippen molar-refractivity contribution in [3.8, 4) is 11.3 Å². The van der Waals surface area contributed by atoms with E-state index in [-0.39, 0.29) is 22.7 Å². The van der Waals surface area contributed by atoms with Gasteiger partial charge in [0.25, 0.3) is 5.91 Å². The molecule has 0 spiro atoms. The molecule has 3 aromatic rings. The highest BCUT2D eigenvalue weighted by Gasteiger charge is 2.23. The molecule has 1 amide bonds. The van der Waals surface area contributed by atoms with E-state index >= 15 is 0 Å². The topological polar surface area (TPSA) is 68.5 Å². The minimum atomic E-state index is -0.463. The minimum absolute atomic E-state index is 0.164. The first-order valence-electron chi connectivity index (χ1n) is 8.37. The van der Waals surface area contributed by atoms with Crippen LogP contribution in [-0.4, -0.2) is 18.6 Å². The van der Waals surface area contributed by atoms with Gasteiger partial charge in [0.05, 0.1) is 10.9 Å². The summed E-state index contributed by atoms with van der Waals surface area (Å²) in [6.45, 7) is 0.582. The predicted molar refractivity (Wildman–Crippen MR) is 95.5 cm³/mol. The van der Waals surface area contributed by atoms with Crippen LogP contribution >= 0.6 is 0 Å². The van der Waals surface area contributed by atoms with Crippen LogP contribution in [-0.2, 0) is 9.53 Å². The molecule has 5 nitrogen and oxygen atoms in total. The SMILES string of the molecule is O=C(Nc1ccc2oc(-c3ccccc3F)cc(=O)c2c1)C1CCCO1. The maximum atomic E-state index is 13.9. The Kier molecular flexibility index (Phi) is 4.26. The van der Waals surface area contributed by atoms with Crippen molar-refractivity contribution < 1.29 is 18.3 Å².